The molecule has 2 unspecified atom stereocenters. The highest BCUT2D eigenvalue weighted by Crippen LogP contribution is 2.16. The van der Waals surface area contributed by atoms with Crippen molar-refractivity contribution in [2.24, 2.45) is 4.99 Å². The highest BCUT2D eigenvalue weighted by atomic mass is 16.4. The lowest BCUT2D eigenvalue weighted by molar-refractivity contribution is -0.141. The first-order valence-corrected chi connectivity index (χ1v) is 6.82. The first-order chi connectivity index (χ1) is 11.2. The Morgan fingerprint density at radius 1 is 1.25 bits per heavy atom. The van der Waals surface area contributed by atoms with Crippen LogP contribution in [0.25, 0.3) is 0 Å². The number of hydrogen-bond donors (Lipinski definition) is 5. The summed E-state index contributed by atoms with van der Waals surface area (Å²) >= 11 is 0. The first-order valence-electron chi connectivity index (χ1n) is 6.82. The monoisotopic (exact) mass is 340 g/mol. The molecule has 24 heavy (non-hydrogen) atoms. The Hall–Kier alpha value is -3.17. The molecule has 1 heterocycles. The third kappa shape index (κ3) is 5.91. The Balaban J connectivity index is 2.90. The molecule has 0 aromatic rings. The Morgan fingerprint density at radius 3 is 2.42 bits per heavy atom. The Kier molecular flexibility index (Phi) is 6.65. The minimum Gasteiger partial charge on any atom is -0.481 e. The maximum atomic E-state index is 11.0. The van der Waals surface area contributed by atoms with E-state index in [2.05, 4.69) is 10.3 Å². The maximum Gasteiger partial charge on any atom is 0.351 e. The molecule has 2 atom stereocenters. The molecule has 10 nitrogen and oxygen atoms in total. The second-order valence-electron chi connectivity index (χ2n) is 4.93. The number of nitrogens with zero attached hydrogens (tertiary/aromatic N) is 1. The number of hydrogen-bond acceptors (Lipinski definition) is 6. The van der Waals surface area contributed by atoms with Crippen molar-refractivity contribution in [3.8, 4) is 0 Å². The average molecular weight is 340 g/mol. The number of aliphatic carboxylic acids is 4. The predicted octanol–water partition coefficient (Wildman–Crippen LogP) is -0.283. The van der Waals surface area contributed by atoms with E-state index in [1.807, 2.05) is 0 Å². The van der Waals surface area contributed by atoms with Crippen molar-refractivity contribution in [1.29, 1.82) is 0 Å². The van der Waals surface area contributed by atoms with Crippen LogP contribution in [0.1, 0.15) is 19.3 Å². The van der Waals surface area contributed by atoms with Crippen molar-refractivity contribution < 1.29 is 39.6 Å². The minimum atomic E-state index is -1.33. The minimum absolute atomic E-state index is 0.00893. The van der Waals surface area contributed by atoms with Crippen LogP contribution in [0.3, 0.4) is 0 Å². The average Bonchev–Trinajstić information content (AvgIpc) is 2.49. The Labute approximate surface area is 135 Å². The lowest BCUT2D eigenvalue weighted by Gasteiger charge is -2.21. The van der Waals surface area contributed by atoms with E-state index >= 15 is 0 Å². The normalized spacial score (nSPS) is 20.2. The van der Waals surface area contributed by atoms with Crippen molar-refractivity contribution in [2.75, 3.05) is 0 Å². The third-order valence-corrected chi connectivity index (χ3v) is 3.10. The third-order valence-electron chi connectivity index (χ3n) is 3.10. The highest BCUT2D eigenvalue weighted by Gasteiger charge is 2.26. The number of carboxylic acids is 4. The van der Waals surface area contributed by atoms with Crippen LogP contribution >= 0.6 is 0 Å². The zero-order valence-electron chi connectivity index (χ0n) is 12.4. The van der Waals surface area contributed by atoms with Crippen LogP contribution in [0.4, 0.5) is 0 Å². The number of nitrogens with one attached hydrogen (secondary N) is 1. The molecule has 5 N–H and O–H groups in total. The van der Waals surface area contributed by atoms with E-state index < -0.39 is 36.0 Å². The second kappa shape index (κ2) is 8.46. The van der Waals surface area contributed by atoms with E-state index in [9.17, 15) is 19.2 Å². The zero-order chi connectivity index (χ0) is 18.3. The van der Waals surface area contributed by atoms with Crippen molar-refractivity contribution in [2.45, 2.75) is 31.3 Å². The molecule has 0 spiro atoms. The fourth-order valence-corrected chi connectivity index (χ4v) is 1.91. The van der Waals surface area contributed by atoms with Gasteiger partial charge in [0, 0.05) is 19.1 Å². The molecule has 1 aliphatic rings. The Morgan fingerprint density at radius 2 is 1.92 bits per heavy atom. The van der Waals surface area contributed by atoms with E-state index in [4.69, 9.17) is 20.4 Å². The molecule has 10 heteroatoms. The van der Waals surface area contributed by atoms with Gasteiger partial charge in [0.1, 0.15) is 17.8 Å². The lowest BCUT2D eigenvalue weighted by atomic mass is 10.00. The smallest absolute Gasteiger partial charge is 0.351 e. The second-order valence-corrected chi connectivity index (χ2v) is 4.93. The first kappa shape index (κ1) is 18.9. The molecule has 0 saturated carbocycles. The van der Waals surface area contributed by atoms with Gasteiger partial charge in [-0.2, -0.15) is 0 Å². The van der Waals surface area contributed by atoms with E-state index in [0.717, 1.165) is 6.21 Å². The van der Waals surface area contributed by atoms with Gasteiger partial charge in [-0.25, -0.2) is 14.4 Å². The number of carboxylic acid groups (broad SMARTS) is 4. The van der Waals surface area contributed by atoms with Crippen LogP contribution in [0.15, 0.2) is 28.4 Å². The Bertz CT molecular complexity index is 635. The van der Waals surface area contributed by atoms with Gasteiger partial charge in [-0.15, -0.1) is 0 Å². The molecular weight excluding hydrogens is 324 g/mol. The van der Waals surface area contributed by atoms with Gasteiger partial charge in [-0.3, -0.25) is 9.79 Å². The van der Waals surface area contributed by atoms with E-state index in [-0.39, 0.29) is 25.0 Å². The van der Waals surface area contributed by atoms with Gasteiger partial charge in [0.15, 0.2) is 0 Å². The van der Waals surface area contributed by atoms with Crippen LogP contribution in [0, 0.1) is 0 Å². The summed E-state index contributed by atoms with van der Waals surface area (Å²) in [4.78, 5) is 47.1. The molecule has 0 amide bonds. The van der Waals surface area contributed by atoms with Gasteiger partial charge in [-0.05, 0) is 24.1 Å². The fourth-order valence-electron chi connectivity index (χ4n) is 1.91. The number of aliphatic imine (C=N–C) groups is 1. The van der Waals surface area contributed by atoms with Crippen LogP contribution in [0.2, 0.25) is 0 Å². The van der Waals surface area contributed by atoms with Gasteiger partial charge in [0.05, 0.1) is 0 Å². The predicted molar refractivity (Wildman–Crippen MR) is 79.8 cm³/mol. The van der Waals surface area contributed by atoms with Crippen LogP contribution < -0.4 is 5.32 Å². The zero-order valence-corrected chi connectivity index (χ0v) is 12.4. The van der Waals surface area contributed by atoms with E-state index in [0.29, 0.717) is 5.57 Å². The summed E-state index contributed by atoms with van der Waals surface area (Å²) in [7, 11) is 0. The molecular formula is C14H16N2O8. The number of rotatable bonds is 8. The molecule has 0 bridgehead atoms. The molecule has 0 aromatic heterocycles. The largest absolute Gasteiger partial charge is 0.481 e. The van der Waals surface area contributed by atoms with Crippen molar-refractivity contribution >= 4 is 30.1 Å². The van der Waals surface area contributed by atoms with Crippen LogP contribution in [0.5, 0.6) is 0 Å². The summed E-state index contributed by atoms with van der Waals surface area (Å²) in [6.45, 7) is 0. The molecule has 0 aliphatic carbocycles. The van der Waals surface area contributed by atoms with E-state index in [1.165, 1.54) is 12.2 Å². The SMILES string of the molecule is O=C(O)CCC(/N=C/C=C1\C=C(C(=O)O)NC(C(=O)O)C1)C(=O)O. The van der Waals surface area contributed by atoms with Crippen molar-refractivity contribution in [3.05, 3.63) is 23.4 Å². The molecule has 1 aliphatic heterocycles. The summed E-state index contributed by atoms with van der Waals surface area (Å²) in [6.07, 6.45) is 3.07. The molecule has 130 valence electrons. The molecule has 0 fully saturated rings. The van der Waals surface area contributed by atoms with Crippen LogP contribution in [-0.2, 0) is 19.2 Å². The molecule has 1 rings (SSSR count). The van der Waals surface area contributed by atoms with E-state index in [1.54, 1.807) is 0 Å². The molecule has 0 aromatic carbocycles. The van der Waals surface area contributed by atoms with Gasteiger partial charge in [-0.1, -0.05) is 0 Å². The fraction of sp³-hybridized carbons (Fsp3) is 0.357. The number of allylic oxidation sites excluding steroid dienone is 2. The number of carbonyl (C=O) groups is 4. The van der Waals surface area contributed by atoms with Gasteiger partial charge >= 0.3 is 23.9 Å². The summed E-state index contributed by atoms with van der Waals surface area (Å²) in [5.41, 5.74) is 0.0404. The summed E-state index contributed by atoms with van der Waals surface area (Å²) in [5.74, 6) is -4.99. The summed E-state index contributed by atoms with van der Waals surface area (Å²) < 4.78 is 0. The van der Waals surface area contributed by atoms with Gasteiger partial charge in [0.25, 0.3) is 0 Å². The van der Waals surface area contributed by atoms with Gasteiger partial charge < -0.3 is 25.7 Å². The quantitative estimate of drug-likeness (QED) is 0.372. The molecule has 0 radical (unpaired) electrons. The summed E-state index contributed by atoms with van der Waals surface area (Å²) in [5, 5.41) is 37.8. The van der Waals surface area contributed by atoms with Gasteiger partial charge in [0.2, 0.25) is 0 Å². The standard InChI is InChI=1S/C14H16N2O8/c17-11(18)2-1-8(12(19)20)15-4-3-7-5-9(13(21)22)16-10(6-7)14(23)24/h3-5,8,10,16H,1-2,6H2,(H,17,18)(H,19,20)(H,21,22)(H,23,24)/b7-3+,15-4+. The highest BCUT2D eigenvalue weighted by molar-refractivity contribution is 5.90. The maximum absolute atomic E-state index is 11.0. The topological polar surface area (TPSA) is 174 Å². The molecule has 0 saturated heterocycles. The lowest BCUT2D eigenvalue weighted by Crippen LogP contribution is -2.41. The van der Waals surface area contributed by atoms with Crippen molar-refractivity contribution in [1.82, 2.24) is 5.32 Å². The van der Waals surface area contributed by atoms with Crippen molar-refractivity contribution in [3.63, 3.8) is 0 Å². The summed E-state index contributed by atoms with van der Waals surface area (Å²) in [6, 6.07) is -2.37. The van der Waals surface area contributed by atoms with Crippen LogP contribution in [-0.4, -0.2) is 62.6 Å².